The molecule has 1 N–H and O–H groups in total. The summed E-state index contributed by atoms with van der Waals surface area (Å²) in [4.78, 5) is 0. The van der Waals surface area contributed by atoms with E-state index in [1.54, 1.807) is 7.11 Å². The van der Waals surface area contributed by atoms with Crippen molar-refractivity contribution in [3.63, 3.8) is 0 Å². The fourth-order valence-electron chi connectivity index (χ4n) is 1.40. The van der Waals surface area contributed by atoms with E-state index in [1.165, 1.54) is 0 Å². The summed E-state index contributed by atoms with van der Waals surface area (Å²) in [5.74, 6) is 0.354. The minimum Gasteiger partial charge on any atom is -0.413 e. The molecule has 0 aromatic heterocycles. The molecule has 0 saturated heterocycles. The molecule has 5 heteroatoms. The van der Waals surface area contributed by atoms with Crippen LogP contribution in [-0.4, -0.2) is 34.2 Å². The molecule has 2 nitrogen and oxygen atoms in total. The monoisotopic (exact) mass is 390 g/mol. The summed E-state index contributed by atoms with van der Waals surface area (Å²) in [6, 6.07) is 0. The second kappa shape index (κ2) is 9.80. The summed E-state index contributed by atoms with van der Waals surface area (Å²) in [5, 5.41) is 4.30. The van der Waals surface area contributed by atoms with Crippen LogP contribution in [0.3, 0.4) is 0 Å². The maximum absolute atomic E-state index is 6.59. The number of methoxy groups -OCH3 is 1. The van der Waals surface area contributed by atoms with Gasteiger partial charge >= 0.3 is 0 Å². The largest absolute Gasteiger partial charge is 0.413 e. The van der Waals surface area contributed by atoms with Gasteiger partial charge in [-0.1, -0.05) is 12.5 Å². The summed E-state index contributed by atoms with van der Waals surface area (Å²) in [6.07, 6.45) is 2.89. The first-order chi connectivity index (χ1) is 5.27. The maximum Gasteiger partial charge on any atom is 0.210 e. The van der Waals surface area contributed by atoms with E-state index in [9.17, 15) is 0 Å². The van der Waals surface area contributed by atoms with Crippen molar-refractivity contribution in [2.24, 2.45) is 5.92 Å². The molecule has 0 aromatic carbocycles. The molecule has 3 radical (unpaired) electrons. The van der Waals surface area contributed by atoms with E-state index in [2.05, 4.69) is 5.11 Å². The first-order valence-electron chi connectivity index (χ1n) is 3.90. The van der Waals surface area contributed by atoms with Gasteiger partial charge in [0, 0.05) is 61.2 Å². The van der Waals surface area contributed by atoms with E-state index in [4.69, 9.17) is 14.0 Å². The number of ether oxygens (including phenoxy) is 1. The zero-order chi connectivity index (χ0) is 8.27. The number of aliphatic hydroxyl groups excluding tert-OH is 1. The molecule has 0 aromatic rings. The van der Waals surface area contributed by atoms with Crippen LogP contribution < -0.4 is 0 Å². The Kier molecular flexibility index (Phi) is 12.6. The van der Waals surface area contributed by atoms with Crippen LogP contribution in [0.5, 0.6) is 0 Å². The van der Waals surface area contributed by atoms with Gasteiger partial charge in [-0.3, -0.25) is 0 Å². The molecular weight excluding hydrogens is 374 g/mol. The van der Waals surface area contributed by atoms with Crippen molar-refractivity contribution in [1.29, 1.82) is 1.43 Å². The van der Waals surface area contributed by atoms with Crippen LogP contribution in [-0.2, 0) is 44.4 Å². The number of aliphatic hydroxyl groups is 1. The quantitative estimate of drug-likeness (QED) is 0.566. The summed E-state index contributed by atoms with van der Waals surface area (Å²) < 4.78 is 11.7. The Morgan fingerprint density at radius 3 is 2.85 bits per heavy atom. The van der Waals surface area contributed by atoms with Crippen LogP contribution >= 0.6 is 0 Å². The van der Waals surface area contributed by atoms with E-state index in [0.717, 1.165) is 6.42 Å². The van der Waals surface area contributed by atoms with Crippen molar-refractivity contribution < 1.29 is 49.5 Å². The van der Waals surface area contributed by atoms with Crippen molar-refractivity contribution in [3.05, 3.63) is 13.8 Å². The molecule has 75 valence electrons. The maximum atomic E-state index is 6.59. The van der Waals surface area contributed by atoms with Crippen molar-refractivity contribution in [2.75, 3.05) is 13.7 Å². The number of hydrogen-bond acceptors (Lipinski definition) is 2. The fourth-order valence-corrected chi connectivity index (χ4v) is 1.40. The molecule has 1 saturated carbocycles. The third kappa shape index (κ3) is 5.64. The van der Waals surface area contributed by atoms with Crippen LogP contribution in [0.2, 0.25) is 5.82 Å². The van der Waals surface area contributed by atoms with Crippen LogP contribution in [0.25, 0.3) is 0 Å². The van der Waals surface area contributed by atoms with Crippen LogP contribution in [0.4, 0.5) is 0 Å². The van der Waals surface area contributed by atoms with Crippen LogP contribution in [0, 0.1) is 19.8 Å². The molecule has 1 rings (SSSR count). The molecule has 3 atom stereocenters. The summed E-state index contributed by atoms with van der Waals surface area (Å²) >= 11 is 0. The average molecular weight is 390 g/mol. The van der Waals surface area contributed by atoms with Gasteiger partial charge in [-0.05, 0) is 5.92 Å². The van der Waals surface area contributed by atoms with E-state index >= 15 is 0 Å². The van der Waals surface area contributed by atoms with Gasteiger partial charge in [-0.15, -0.1) is 0 Å². The van der Waals surface area contributed by atoms with Gasteiger partial charge in [-0.2, -0.15) is 5.82 Å². The molecule has 1 aliphatic carbocycles. The molecule has 0 amide bonds. The average Bonchev–Trinajstić information content (AvgIpc) is 2.32. The molecular formula is C8H15BO2VW-2. The fraction of sp³-hybridized carbons (Fsp3) is 0.750. The van der Waals surface area contributed by atoms with Gasteiger partial charge in [0.2, 0.25) is 1.43 Å². The van der Waals surface area contributed by atoms with Crippen molar-refractivity contribution >= 4 is 7.85 Å². The molecule has 0 aliphatic heterocycles. The molecule has 0 heterocycles. The van der Waals surface area contributed by atoms with Gasteiger partial charge in [0.05, 0.1) is 0 Å². The Labute approximate surface area is 110 Å². The summed E-state index contributed by atoms with van der Waals surface area (Å²) in [5.41, 5.74) is 0. The second-order valence-electron chi connectivity index (χ2n) is 2.72. The Bertz CT molecular complexity index is 134. The molecule has 13 heavy (non-hydrogen) atoms. The standard InChI is InChI=1S/C7H12BO2.CH3.V.W/c1-10-7-3-6(8)2-5(7)4-9;;;/h3,5-7,9H,2,4H2,1H3;1H3;;/q2*-1;;/t5-,6-,7?;;;/m1.../s1/i9D;;;. The van der Waals surface area contributed by atoms with Gasteiger partial charge < -0.3 is 23.7 Å². The Hall–Kier alpha value is 1.26. The van der Waals surface area contributed by atoms with Crippen LogP contribution in [0.15, 0.2) is 0 Å². The predicted octanol–water partition coefficient (Wildman–Crippen LogP) is 0.620. The van der Waals surface area contributed by atoms with Gasteiger partial charge in [0.1, 0.15) is 0 Å². The van der Waals surface area contributed by atoms with E-state index < -0.39 is 0 Å². The first-order valence-corrected chi connectivity index (χ1v) is 3.49. The zero-order valence-corrected chi connectivity index (χ0v) is 12.3. The molecule has 1 aliphatic rings. The Balaban J connectivity index is -0.000000403. The SMILES string of the molecule is [2H]OC[C@H]1C[C@@H]([B])[CH-]C1OC.[CH3-].[V].[W]. The number of rotatable bonds is 3. The van der Waals surface area contributed by atoms with Crippen molar-refractivity contribution in [1.82, 2.24) is 0 Å². The van der Waals surface area contributed by atoms with E-state index in [-0.39, 0.29) is 64.9 Å². The molecule has 0 spiro atoms. The predicted molar refractivity (Wildman–Crippen MR) is 46.2 cm³/mol. The van der Waals surface area contributed by atoms with Gasteiger partial charge in [-0.25, -0.2) is 0 Å². The molecule has 1 fully saturated rings. The smallest absolute Gasteiger partial charge is 0.210 e. The van der Waals surface area contributed by atoms with E-state index in [0.29, 0.717) is 6.61 Å². The van der Waals surface area contributed by atoms with E-state index in [1.807, 2.05) is 6.42 Å². The van der Waals surface area contributed by atoms with Crippen LogP contribution in [0.1, 0.15) is 6.42 Å². The summed E-state index contributed by atoms with van der Waals surface area (Å²) in [7, 11) is 7.32. The second-order valence-corrected chi connectivity index (χ2v) is 2.72. The molecule has 1 unspecified atom stereocenters. The third-order valence-electron chi connectivity index (χ3n) is 1.96. The summed E-state index contributed by atoms with van der Waals surface area (Å²) in [6.45, 7) is 0.405. The third-order valence-corrected chi connectivity index (χ3v) is 1.96. The Morgan fingerprint density at radius 1 is 1.77 bits per heavy atom. The molecule has 0 bridgehead atoms. The topological polar surface area (TPSA) is 29.5 Å². The zero-order valence-electron chi connectivity index (χ0n) is 8.97. The first kappa shape index (κ1) is 16.7. The number of hydrogen-bond donors (Lipinski definition) is 1. The minimum absolute atomic E-state index is 0. The van der Waals surface area contributed by atoms with Crippen molar-refractivity contribution in [2.45, 2.75) is 18.3 Å². The van der Waals surface area contributed by atoms with Gasteiger partial charge in [0.15, 0.2) is 0 Å². The van der Waals surface area contributed by atoms with Crippen molar-refractivity contribution in [3.8, 4) is 0 Å². The Morgan fingerprint density at radius 2 is 2.38 bits per heavy atom. The minimum atomic E-state index is 0. The van der Waals surface area contributed by atoms with Gasteiger partial charge in [0.25, 0.3) is 0 Å². The normalized spacial score (nSPS) is 32.1.